The Labute approximate surface area is 161 Å². The first-order valence-electron chi connectivity index (χ1n) is 9.18. The van der Waals surface area contributed by atoms with Crippen LogP contribution in [-0.2, 0) is 30.6 Å². The number of thiophene rings is 1. The van der Waals surface area contributed by atoms with Crippen molar-refractivity contribution in [2.75, 3.05) is 0 Å². The molecule has 2 heterocycles. The van der Waals surface area contributed by atoms with Crippen LogP contribution in [0.4, 0.5) is 0 Å². The second-order valence-electron chi connectivity index (χ2n) is 7.81. The summed E-state index contributed by atoms with van der Waals surface area (Å²) in [5.41, 5.74) is 1.03. The van der Waals surface area contributed by atoms with Crippen LogP contribution >= 0.6 is 11.3 Å². The number of aliphatic carboxylic acids is 1. The van der Waals surface area contributed by atoms with Crippen molar-refractivity contribution >= 4 is 27.5 Å². The van der Waals surface area contributed by atoms with Crippen LogP contribution in [0.2, 0.25) is 0 Å². The second-order valence-corrected chi connectivity index (χ2v) is 8.89. The minimum Gasteiger partial charge on any atom is -0.481 e. The maximum Gasteiger partial charge on any atom is 0.310 e. The second kappa shape index (κ2) is 6.60. The standard InChI is InChI=1S/C21H22N2O3S/c1-21(2,20(25)26)12-23-16(11-13-7-4-3-5-8-13)22-18-17(19(23)24)14-9-6-10-15(14)27-18/h3-5,7-8H,6,9-12H2,1-2H3,(H,25,26). The number of benzene rings is 1. The van der Waals surface area contributed by atoms with Gasteiger partial charge < -0.3 is 5.11 Å². The molecule has 0 saturated carbocycles. The molecule has 0 spiro atoms. The third-order valence-corrected chi connectivity index (χ3v) is 6.43. The monoisotopic (exact) mass is 382 g/mol. The predicted octanol–water partition coefficient (Wildman–Crippen LogP) is 3.65. The summed E-state index contributed by atoms with van der Waals surface area (Å²) in [6, 6.07) is 9.85. The number of hydrogen-bond acceptors (Lipinski definition) is 4. The van der Waals surface area contributed by atoms with E-state index in [-0.39, 0.29) is 12.1 Å². The zero-order valence-corrected chi connectivity index (χ0v) is 16.3. The van der Waals surface area contributed by atoms with Gasteiger partial charge in [-0.25, -0.2) is 4.98 Å². The Kier molecular flexibility index (Phi) is 4.38. The van der Waals surface area contributed by atoms with Crippen LogP contribution in [-0.4, -0.2) is 20.6 Å². The third-order valence-electron chi connectivity index (χ3n) is 5.24. The molecule has 1 aliphatic carbocycles. The fraction of sp³-hybridized carbons (Fsp3) is 0.381. The Morgan fingerprint density at radius 2 is 2.00 bits per heavy atom. The Morgan fingerprint density at radius 3 is 2.70 bits per heavy atom. The molecule has 0 radical (unpaired) electrons. The predicted molar refractivity (Wildman–Crippen MR) is 107 cm³/mol. The molecule has 140 valence electrons. The van der Waals surface area contributed by atoms with Crippen LogP contribution in [0.1, 0.15) is 42.1 Å². The normalized spacial score (nSPS) is 13.9. The first-order chi connectivity index (χ1) is 12.9. The molecule has 6 heteroatoms. The van der Waals surface area contributed by atoms with E-state index < -0.39 is 11.4 Å². The van der Waals surface area contributed by atoms with Crippen molar-refractivity contribution in [3.05, 3.63) is 62.5 Å². The summed E-state index contributed by atoms with van der Waals surface area (Å²) in [4.78, 5) is 31.9. The molecular weight excluding hydrogens is 360 g/mol. The molecular formula is C21H22N2O3S. The number of aromatic nitrogens is 2. The van der Waals surface area contributed by atoms with Gasteiger partial charge in [0.25, 0.3) is 5.56 Å². The van der Waals surface area contributed by atoms with Gasteiger partial charge in [0, 0.05) is 17.8 Å². The van der Waals surface area contributed by atoms with E-state index in [1.165, 1.54) is 4.88 Å². The highest BCUT2D eigenvalue weighted by Crippen LogP contribution is 2.35. The fourth-order valence-corrected chi connectivity index (χ4v) is 4.93. The zero-order chi connectivity index (χ0) is 19.2. The highest BCUT2D eigenvalue weighted by atomic mass is 32.1. The SMILES string of the molecule is CC(C)(Cn1c(Cc2ccccc2)nc2sc3c(c2c1=O)CCC3)C(=O)O. The highest BCUT2D eigenvalue weighted by molar-refractivity contribution is 7.18. The maximum atomic E-state index is 13.4. The molecule has 1 N–H and O–H groups in total. The summed E-state index contributed by atoms with van der Waals surface area (Å²) in [7, 11) is 0. The molecule has 3 aromatic rings. The summed E-state index contributed by atoms with van der Waals surface area (Å²) < 4.78 is 1.59. The van der Waals surface area contributed by atoms with Crippen LogP contribution in [0.5, 0.6) is 0 Å². The molecule has 2 aromatic heterocycles. The number of hydrogen-bond donors (Lipinski definition) is 1. The maximum absolute atomic E-state index is 13.4. The Bertz CT molecular complexity index is 1080. The number of carbonyl (C=O) groups is 1. The molecule has 5 nitrogen and oxygen atoms in total. The highest BCUT2D eigenvalue weighted by Gasteiger charge is 2.31. The van der Waals surface area contributed by atoms with Gasteiger partial charge in [0.05, 0.1) is 10.8 Å². The lowest BCUT2D eigenvalue weighted by atomic mass is 9.93. The van der Waals surface area contributed by atoms with E-state index in [1.807, 2.05) is 30.3 Å². The summed E-state index contributed by atoms with van der Waals surface area (Å²) in [6.07, 6.45) is 3.49. The largest absolute Gasteiger partial charge is 0.481 e. The number of nitrogens with zero attached hydrogens (tertiary/aromatic N) is 2. The van der Waals surface area contributed by atoms with Gasteiger partial charge in [-0.3, -0.25) is 14.2 Å². The van der Waals surface area contributed by atoms with Gasteiger partial charge in [0.2, 0.25) is 0 Å². The fourth-order valence-electron chi connectivity index (χ4n) is 3.66. The Hall–Kier alpha value is -2.47. The summed E-state index contributed by atoms with van der Waals surface area (Å²) in [5, 5.41) is 10.3. The van der Waals surface area contributed by atoms with Gasteiger partial charge in [-0.05, 0) is 44.2 Å². The van der Waals surface area contributed by atoms with Crippen molar-refractivity contribution in [1.29, 1.82) is 0 Å². The van der Waals surface area contributed by atoms with E-state index in [2.05, 4.69) is 0 Å². The van der Waals surface area contributed by atoms with Crippen LogP contribution < -0.4 is 5.56 Å². The lowest BCUT2D eigenvalue weighted by Gasteiger charge is -2.22. The zero-order valence-electron chi connectivity index (χ0n) is 15.5. The summed E-state index contributed by atoms with van der Waals surface area (Å²) >= 11 is 1.62. The molecule has 0 fully saturated rings. The van der Waals surface area contributed by atoms with Crippen molar-refractivity contribution in [3.63, 3.8) is 0 Å². The molecule has 0 aliphatic heterocycles. The molecule has 0 saturated heterocycles. The first-order valence-corrected chi connectivity index (χ1v) is 10.00. The third kappa shape index (κ3) is 3.18. The molecule has 1 aromatic carbocycles. The smallest absolute Gasteiger partial charge is 0.310 e. The van der Waals surface area contributed by atoms with Crippen molar-refractivity contribution in [2.24, 2.45) is 5.41 Å². The van der Waals surface area contributed by atoms with Crippen molar-refractivity contribution in [3.8, 4) is 0 Å². The molecule has 1 aliphatic rings. The minimum absolute atomic E-state index is 0.0975. The average molecular weight is 382 g/mol. The molecule has 0 atom stereocenters. The first kappa shape index (κ1) is 17.9. The van der Waals surface area contributed by atoms with E-state index in [9.17, 15) is 14.7 Å². The van der Waals surface area contributed by atoms with E-state index >= 15 is 0 Å². The van der Waals surface area contributed by atoms with Crippen molar-refractivity contribution in [1.82, 2.24) is 9.55 Å². The molecule has 0 unspecified atom stereocenters. The van der Waals surface area contributed by atoms with Gasteiger partial charge >= 0.3 is 5.97 Å². The van der Waals surface area contributed by atoms with Gasteiger partial charge in [-0.2, -0.15) is 0 Å². The lowest BCUT2D eigenvalue weighted by Crippen LogP contribution is -2.36. The molecule has 0 amide bonds. The van der Waals surface area contributed by atoms with Crippen LogP contribution in [0.15, 0.2) is 35.1 Å². The number of carboxylic acid groups (broad SMARTS) is 1. The van der Waals surface area contributed by atoms with Gasteiger partial charge in [-0.1, -0.05) is 30.3 Å². The number of aryl methyl sites for hydroxylation is 2. The van der Waals surface area contributed by atoms with Gasteiger partial charge in [0.15, 0.2) is 0 Å². The molecule has 4 rings (SSSR count). The van der Waals surface area contributed by atoms with Crippen molar-refractivity contribution < 1.29 is 9.90 Å². The number of fused-ring (bicyclic) bond motifs is 3. The van der Waals surface area contributed by atoms with Crippen LogP contribution in [0.25, 0.3) is 10.2 Å². The van der Waals surface area contributed by atoms with Gasteiger partial charge in [-0.15, -0.1) is 11.3 Å². The van der Waals surface area contributed by atoms with Crippen molar-refractivity contribution in [2.45, 2.75) is 46.1 Å². The molecule has 27 heavy (non-hydrogen) atoms. The Morgan fingerprint density at radius 1 is 1.26 bits per heavy atom. The molecule has 0 bridgehead atoms. The minimum atomic E-state index is -1.05. The van der Waals surface area contributed by atoms with Crippen LogP contribution in [0.3, 0.4) is 0 Å². The summed E-state index contributed by atoms with van der Waals surface area (Å²) in [5.74, 6) is -0.288. The topological polar surface area (TPSA) is 72.2 Å². The average Bonchev–Trinajstić information content (AvgIpc) is 3.19. The van der Waals surface area contributed by atoms with Crippen LogP contribution in [0, 0.1) is 5.41 Å². The van der Waals surface area contributed by atoms with E-state index in [0.717, 1.165) is 35.2 Å². The quantitative estimate of drug-likeness (QED) is 0.731. The van der Waals surface area contributed by atoms with E-state index in [4.69, 9.17) is 4.98 Å². The summed E-state index contributed by atoms with van der Waals surface area (Å²) in [6.45, 7) is 3.41. The number of rotatable bonds is 5. The van der Waals surface area contributed by atoms with E-state index in [1.54, 1.807) is 29.8 Å². The van der Waals surface area contributed by atoms with Gasteiger partial charge in [0.1, 0.15) is 10.7 Å². The Balaban J connectivity index is 1.90. The van der Waals surface area contributed by atoms with E-state index in [0.29, 0.717) is 17.6 Å². The lowest BCUT2D eigenvalue weighted by molar-refractivity contribution is -0.147. The number of carboxylic acids is 1.